The Morgan fingerprint density at radius 1 is 1.37 bits per heavy atom. The smallest absolute Gasteiger partial charge is 0.258 e. The van der Waals surface area contributed by atoms with Crippen molar-refractivity contribution < 1.29 is 9.21 Å². The monoisotopic (exact) mass is 365 g/mol. The van der Waals surface area contributed by atoms with Crippen LogP contribution in [-0.2, 0) is 11.3 Å². The lowest BCUT2D eigenvalue weighted by atomic mass is 10.2. The van der Waals surface area contributed by atoms with E-state index in [9.17, 15) is 14.9 Å². The summed E-state index contributed by atoms with van der Waals surface area (Å²) in [7, 11) is 1.73. The molecular formula is C19H19N5O3. The standard InChI is InChI=1S/C19H19N5O3/c1-11-12(2)27-19(14(11)8-20)23-17(25)10-24(3)9-16-21-15-7-5-4-6-13(15)18(26)22-16/h4-7H,9-10H2,1-3H3,(H,23,25)(H,21,22,26). The Morgan fingerprint density at radius 3 is 2.85 bits per heavy atom. The van der Waals surface area contributed by atoms with Crippen LogP contribution in [0.4, 0.5) is 5.88 Å². The molecule has 3 aromatic rings. The predicted octanol–water partition coefficient (Wildman–Crippen LogP) is 2.08. The molecule has 1 amide bonds. The van der Waals surface area contributed by atoms with E-state index in [1.807, 2.05) is 12.1 Å². The van der Waals surface area contributed by atoms with E-state index in [2.05, 4.69) is 15.3 Å². The van der Waals surface area contributed by atoms with Gasteiger partial charge in [-0.25, -0.2) is 4.98 Å². The Hall–Kier alpha value is -3.44. The number of nitrogens with zero attached hydrogens (tertiary/aromatic N) is 3. The number of hydrogen-bond acceptors (Lipinski definition) is 6. The molecule has 0 aliphatic heterocycles. The number of para-hydroxylation sites is 1. The van der Waals surface area contributed by atoms with Crippen LogP contribution >= 0.6 is 0 Å². The fourth-order valence-corrected chi connectivity index (χ4v) is 2.78. The minimum Gasteiger partial charge on any atom is -0.444 e. The van der Waals surface area contributed by atoms with Crippen molar-refractivity contribution in [1.29, 1.82) is 5.26 Å². The summed E-state index contributed by atoms with van der Waals surface area (Å²) in [6.45, 7) is 3.83. The lowest BCUT2D eigenvalue weighted by Gasteiger charge is -2.15. The van der Waals surface area contributed by atoms with Gasteiger partial charge in [0.25, 0.3) is 5.56 Å². The third-order valence-corrected chi connectivity index (χ3v) is 4.25. The van der Waals surface area contributed by atoms with E-state index < -0.39 is 0 Å². The molecule has 0 spiro atoms. The summed E-state index contributed by atoms with van der Waals surface area (Å²) in [6.07, 6.45) is 0. The third-order valence-electron chi connectivity index (χ3n) is 4.25. The second-order valence-corrected chi connectivity index (χ2v) is 6.35. The van der Waals surface area contributed by atoms with Crippen molar-refractivity contribution in [3.05, 3.63) is 57.3 Å². The Morgan fingerprint density at radius 2 is 2.11 bits per heavy atom. The number of hydrogen-bond donors (Lipinski definition) is 2. The molecular weight excluding hydrogens is 346 g/mol. The summed E-state index contributed by atoms with van der Waals surface area (Å²) in [6, 6.07) is 9.11. The first-order chi connectivity index (χ1) is 12.9. The molecule has 0 atom stereocenters. The largest absolute Gasteiger partial charge is 0.444 e. The molecule has 2 heterocycles. The molecule has 27 heavy (non-hydrogen) atoms. The number of aryl methyl sites for hydroxylation is 1. The number of rotatable bonds is 5. The van der Waals surface area contributed by atoms with Gasteiger partial charge in [0.1, 0.15) is 23.2 Å². The van der Waals surface area contributed by atoms with E-state index in [0.717, 1.165) is 0 Å². The number of benzene rings is 1. The normalized spacial score (nSPS) is 10.9. The molecule has 0 saturated carbocycles. The van der Waals surface area contributed by atoms with E-state index in [-0.39, 0.29) is 30.4 Å². The minimum absolute atomic E-state index is 0.0419. The van der Waals surface area contributed by atoms with Crippen LogP contribution in [0.3, 0.4) is 0 Å². The summed E-state index contributed by atoms with van der Waals surface area (Å²) in [5.74, 6) is 0.888. The highest BCUT2D eigenvalue weighted by Crippen LogP contribution is 2.25. The van der Waals surface area contributed by atoms with Gasteiger partial charge in [0.2, 0.25) is 11.8 Å². The molecule has 0 bridgehead atoms. The molecule has 0 fully saturated rings. The summed E-state index contributed by atoms with van der Waals surface area (Å²) in [5, 5.41) is 12.3. The Kier molecular flexibility index (Phi) is 5.05. The maximum atomic E-state index is 12.3. The van der Waals surface area contributed by atoms with E-state index in [0.29, 0.717) is 33.6 Å². The Labute approximate surface area is 155 Å². The molecule has 8 heteroatoms. The number of likely N-dealkylation sites (N-methyl/N-ethyl adjacent to an activating group) is 1. The molecule has 138 valence electrons. The van der Waals surface area contributed by atoms with Crippen molar-refractivity contribution in [2.45, 2.75) is 20.4 Å². The summed E-state index contributed by atoms with van der Waals surface area (Å²) >= 11 is 0. The molecule has 8 nitrogen and oxygen atoms in total. The van der Waals surface area contributed by atoms with Gasteiger partial charge in [-0.05, 0) is 33.0 Å². The molecule has 2 N–H and O–H groups in total. The van der Waals surface area contributed by atoms with Gasteiger partial charge in [-0.3, -0.25) is 19.8 Å². The minimum atomic E-state index is -0.328. The highest BCUT2D eigenvalue weighted by molar-refractivity contribution is 5.92. The lowest BCUT2D eigenvalue weighted by Crippen LogP contribution is -2.31. The van der Waals surface area contributed by atoms with E-state index in [1.54, 1.807) is 44.0 Å². The fraction of sp³-hybridized carbons (Fsp3) is 0.263. The van der Waals surface area contributed by atoms with Gasteiger partial charge in [-0.1, -0.05) is 12.1 Å². The molecule has 0 radical (unpaired) electrons. The summed E-state index contributed by atoms with van der Waals surface area (Å²) in [4.78, 5) is 33.2. The second kappa shape index (κ2) is 7.43. The van der Waals surface area contributed by atoms with Gasteiger partial charge in [0, 0.05) is 5.56 Å². The van der Waals surface area contributed by atoms with E-state index in [1.165, 1.54) is 0 Å². The topological polar surface area (TPSA) is 115 Å². The number of nitrogens with one attached hydrogen (secondary N) is 2. The number of furan rings is 1. The lowest BCUT2D eigenvalue weighted by molar-refractivity contribution is -0.117. The first kappa shape index (κ1) is 18.4. The van der Waals surface area contributed by atoms with Crippen molar-refractivity contribution in [2.75, 3.05) is 18.9 Å². The zero-order chi connectivity index (χ0) is 19.6. The van der Waals surface area contributed by atoms with E-state index >= 15 is 0 Å². The van der Waals surface area contributed by atoms with Crippen molar-refractivity contribution in [3.8, 4) is 6.07 Å². The Bertz CT molecular complexity index is 1110. The third kappa shape index (κ3) is 3.88. The molecule has 0 unspecified atom stereocenters. The van der Waals surface area contributed by atoms with Gasteiger partial charge >= 0.3 is 0 Å². The average Bonchev–Trinajstić information content (AvgIpc) is 2.87. The van der Waals surface area contributed by atoms with Crippen molar-refractivity contribution in [2.24, 2.45) is 0 Å². The molecule has 0 aliphatic carbocycles. The quantitative estimate of drug-likeness (QED) is 0.715. The number of aromatic amines is 1. The highest BCUT2D eigenvalue weighted by Gasteiger charge is 2.17. The first-order valence-corrected chi connectivity index (χ1v) is 8.35. The second-order valence-electron chi connectivity index (χ2n) is 6.35. The maximum absolute atomic E-state index is 12.3. The number of H-pyrrole nitrogens is 1. The van der Waals surface area contributed by atoms with Crippen LogP contribution in [0.5, 0.6) is 0 Å². The number of carbonyl (C=O) groups is 1. The zero-order valence-corrected chi connectivity index (χ0v) is 15.3. The summed E-state index contributed by atoms with van der Waals surface area (Å²) in [5.41, 5.74) is 1.42. The van der Waals surface area contributed by atoms with Crippen LogP contribution in [-0.4, -0.2) is 34.4 Å². The maximum Gasteiger partial charge on any atom is 0.258 e. The van der Waals surface area contributed by atoms with Crippen LogP contribution in [0.2, 0.25) is 0 Å². The highest BCUT2D eigenvalue weighted by atomic mass is 16.4. The van der Waals surface area contributed by atoms with Crippen molar-refractivity contribution in [1.82, 2.24) is 14.9 Å². The fourth-order valence-electron chi connectivity index (χ4n) is 2.78. The molecule has 2 aromatic heterocycles. The van der Waals surface area contributed by atoms with Crippen LogP contribution in [0.25, 0.3) is 10.9 Å². The molecule has 1 aromatic carbocycles. The zero-order valence-electron chi connectivity index (χ0n) is 15.3. The van der Waals surface area contributed by atoms with Gasteiger partial charge in [0.05, 0.1) is 24.0 Å². The van der Waals surface area contributed by atoms with Gasteiger partial charge in [-0.2, -0.15) is 5.26 Å². The van der Waals surface area contributed by atoms with Crippen molar-refractivity contribution in [3.63, 3.8) is 0 Å². The Balaban J connectivity index is 1.68. The number of fused-ring (bicyclic) bond motifs is 1. The number of nitriles is 1. The van der Waals surface area contributed by atoms with Crippen LogP contribution in [0, 0.1) is 25.2 Å². The van der Waals surface area contributed by atoms with Crippen LogP contribution in [0.15, 0.2) is 33.5 Å². The number of carbonyl (C=O) groups excluding carboxylic acids is 1. The van der Waals surface area contributed by atoms with Crippen LogP contribution in [0.1, 0.15) is 22.7 Å². The SMILES string of the molecule is Cc1oc(NC(=O)CN(C)Cc2nc3ccccc3c(=O)[nH]2)c(C#N)c1C. The average molecular weight is 365 g/mol. The van der Waals surface area contributed by atoms with Gasteiger partial charge in [-0.15, -0.1) is 0 Å². The predicted molar refractivity (Wildman–Crippen MR) is 100 cm³/mol. The number of anilines is 1. The van der Waals surface area contributed by atoms with Crippen molar-refractivity contribution >= 4 is 22.7 Å². The number of amides is 1. The van der Waals surface area contributed by atoms with Gasteiger partial charge in [0.15, 0.2) is 0 Å². The van der Waals surface area contributed by atoms with E-state index in [4.69, 9.17) is 4.42 Å². The molecule has 3 rings (SSSR count). The summed E-state index contributed by atoms with van der Waals surface area (Å²) < 4.78 is 5.44. The first-order valence-electron chi connectivity index (χ1n) is 8.35. The molecule has 0 aliphatic rings. The van der Waals surface area contributed by atoms with Crippen LogP contribution < -0.4 is 10.9 Å². The molecule has 0 saturated heterocycles. The number of aromatic nitrogens is 2. The van der Waals surface area contributed by atoms with Gasteiger partial charge < -0.3 is 9.40 Å².